The number of rotatable bonds is 4. The van der Waals surface area contributed by atoms with Crippen molar-refractivity contribution < 1.29 is 10.0 Å². The molecule has 0 fully saturated rings. The lowest BCUT2D eigenvalue weighted by molar-refractivity contribution is 0.0951. The van der Waals surface area contributed by atoms with E-state index >= 15 is 0 Å². The highest BCUT2D eigenvalue weighted by atomic mass is 16.5. The lowest BCUT2D eigenvalue weighted by Gasteiger charge is -1.98. The SMILES string of the molecule is O=C(CCNO)c1ccccc1. The predicted octanol–water partition coefficient (Wildman–Crippen LogP) is 1.24. The van der Waals surface area contributed by atoms with Crippen molar-refractivity contribution in [2.75, 3.05) is 6.54 Å². The van der Waals surface area contributed by atoms with Crippen LogP contribution in [-0.2, 0) is 0 Å². The lowest BCUT2D eigenvalue weighted by atomic mass is 10.1. The number of Topliss-reactive ketones (excluding diaryl/α,β-unsaturated/α-hetero) is 1. The van der Waals surface area contributed by atoms with Crippen molar-refractivity contribution in [2.24, 2.45) is 0 Å². The van der Waals surface area contributed by atoms with Gasteiger partial charge in [-0.05, 0) is 0 Å². The number of ketones is 1. The number of hydrogen-bond acceptors (Lipinski definition) is 3. The summed E-state index contributed by atoms with van der Waals surface area (Å²) in [6.07, 6.45) is 0.320. The van der Waals surface area contributed by atoms with Crippen LogP contribution in [0.2, 0.25) is 0 Å². The summed E-state index contributed by atoms with van der Waals surface area (Å²) in [6.45, 7) is 0.299. The number of carbonyl (C=O) groups is 1. The third-order valence-corrected chi connectivity index (χ3v) is 1.56. The van der Waals surface area contributed by atoms with Gasteiger partial charge in [-0.25, -0.2) is 5.48 Å². The van der Waals surface area contributed by atoms with Crippen molar-refractivity contribution in [1.82, 2.24) is 5.48 Å². The molecular formula is C9H11NO2. The van der Waals surface area contributed by atoms with Crippen LogP contribution in [0, 0.1) is 0 Å². The van der Waals surface area contributed by atoms with Gasteiger partial charge < -0.3 is 5.21 Å². The highest BCUT2D eigenvalue weighted by Gasteiger charge is 2.02. The zero-order valence-electron chi connectivity index (χ0n) is 6.66. The fourth-order valence-electron chi connectivity index (χ4n) is 0.938. The molecule has 2 N–H and O–H groups in total. The maximum Gasteiger partial charge on any atom is 0.164 e. The van der Waals surface area contributed by atoms with Crippen molar-refractivity contribution in [1.29, 1.82) is 0 Å². The van der Waals surface area contributed by atoms with Crippen molar-refractivity contribution in [3.05, 3.63) is 35.9 Å². The van der Waals surface area contributed by atoms with Crippen molar-refractivity contribution in [3.63, 3.8) is 0 Å². The number of hydroxylamine groups is 1. The summed E-state index contributed by atoms with van der Waals surface area (Å²) in [4.78, 5) is 11.3. The third kappa shape index (κ3) is 2.45. The van der Waals surface area contributed by atoms with Crippen LogP contribution >= 0.6 is 0 Å². The molecule has 0 aliphatic rings. The van der Waals surface area contributed by atoms with Crippen LogP contribution < -0.4 is 5.48 Å². The van der Waals surface area contributed by atoms with E-state index in [1.165, 1.54) is 0 Å². The van der Waals surface area contributed by atoms with Crippen LogP contribution in [-0.4, -0.2) is 17.5 Å². The first-order valence-electron chi connectivity index (χ1n) is 3.80. The molecule has 0 heterocycles. The van der Waals surface area contributed by atoms with Gasteiger partial charge in [0.1, 0.15) is 0 Å². The molecule has 1 aromatic carbocycles. The first kappa shape index (κ1) is 8.90. The standard InChI is InChI=1S/C9H11NO2/c11-9(6-7-10-12)8-4-2-1-3-5-8/h1-5,10,12H,6-7H2. The fourth-order valence-corrected chi connectivity index (χ4v) is 0.938. The molecule has 0 saturated carbocycles. The van der Waals surface area contributed by atoms with Gasteiger partial charge in [-0.2, -0.15) is 0 Å². The predicted molar refractivity (Wildman–Crippen MR) is 45.2 cm³/mol. The third-order valence-electron chi connectivity index (χ3n) is 1.56. The summed E-state index contributed by atoms with van der Waals surface area (Å²) >= 11 is 0. The molecule has 0 unspecified atom stereocenters. The van der Waals surface area contributed by atoms with Gasteiger partial charge in [0, 0.05) is 18.5 Å². The summed E-state index contributed by atoms with van der Waals surface area (Å²) in [6, 6.07) is 9.03. The minimum absolute atomic E-state index is 0.0390. The van der Waals surface area contributed by atoms with E-state index < -0.39 is 0 Å². The van der Waals surface area contributed by atoms with E-state index in [4.69, 9.17) is 5.21 Å². The molecule has 3 nitrogen and oxygen atoms in total. The number of nitrogens with one attached hydrogen (secondary N) is 1. The number of benzene rings is 1. The largest absolute Gasteiger partial charge is 0.317 e. The highest BCUT2D eigenvalue weighted by molar-refractivity contribution is 5.96. The normalized spacial score (nSPS) is 9.75. The van der Waals surface area contributed by atoms with Crippen molar-refractivity contribution >= 4 is 5.78 Å². The van der Waals surface area contributed by atoms with Gasteiger partial charge in [-0.3, -0.25) is 4.79 Å². The van der Waals surface area contributed by atoms with E-state index in [2.05, 4.69) is 0 Å². The van der Waals surface area contributed by atoms with Crippen LogP contribution in [0.15, 0.2) is 30.3 Å². The molecule has 3 heteroatoms. The average molecular weight is 165 g/mol. The minimum Gasteiger partial charge on any atom is -0.317 e. The summed E-state index contributed by atoms with van der Waals surface area (Å²) in [5.74, 6) is 0.0390. The molecule has 0 aromatic heterocycles. The van der Waals surface area contributed by atoms with E-state index in [-0.39, 0.29) is 5.78 Å². The topological polar surface area (TPSA) is 49.3 Å². The zero-order valence-corrected chi connectivity index (χ0v) is 6.66. The molecule has 0 radical (unpaired) electrons. The molecule has 0 aliphatic carbocycles. The van der Waals surface area contributed by atoms with E-state index in [0.29, 0.717) is 18.5 Å². The Morgan fingerprint density at radius 1 is 1.33 bits per heavy atom. The van der Waals surface area contributed by atoms with Gasteiger partial charge in [0.05, 0.1) is 0 Å². The van der Waals surface area contributed by atoms with Gasteiger partial charge in [0.15, 0.2) is 5.78 Å². The molecule has 0 amide bonds. The van der Waals surface area contributed by atoms with Crippen LogP contribution in [0.5, 0.6) is 0 Å². The summed E-state index contributed by atoms with van der Waals surface area (Å²) < 4.78 is 0. The fraction of sp³-hybridized carbons (Fsp3) is 0.222. The Labute approximate surface area is 71.0 Å². The van der Waals surface area contributed by atoms with Gasteiger partial charge >= 0.3 is 0 Å². The van der Waals surface area contributed by atoms with Gasteiger partial charge in [0.2, 0.25) is 0 Å². The molecule has 12 heavy (non-hydrogen) atoms. The molecule has 0 spiro atoms. The second-order valence-electron chi connectivity index (χ2n) is 2.45. The van der Waals surface area contributed by atoms with Crippen LogP contribution in [0.25, 0.3) is 0 Å². The van der Waals surface area contributed by atoms with Crippen molar-refractivity contribution in [3.8, 4) is 0 Å². The Morgan fingerprint density at radius 2 is 2.00 bits per heavy atom. The van der Waals surface area contributed by atoms with Gasteiger partial charge in [0.25, 0.3) is 0 Å². The molecular weight excluding hydrogens is 154 g/mol. The van der Waals surface area contributed by atoms with E-state index in [1.807, 2.05) is 23.7 Å². The summed E-state index contributed by atoms with van der Waals surface area (Å²) in [5.41, 5.74) is 2.64. The quantitative estimate of drug-likeness (QED) is 0.521. The molecule has 0 atom stereocenters. The maximum atomic E-state index is 11.3. The Kier molecular flexibility index (Phi) is 3.44. The Balaban J connectivity index is 2.54. The maximum absolute atomic E-state index is 11.3. The number of hydrogen-bond donors (Lipinski definition) is 2. The monoisotopic (exact) mass is 165 g/mol. The first-order valence-corrected chi connectivity index (χ1v) is 3.80. The van der Waals surface area contributed by atoms with E-state index in [0.717, 1.165) is 0 Å². The van der Waals surface area contributed by atoms with Crippen LogP contribution in [0.4, 0.5) is 0 Å². The Bertz CT molecular complexity index is 246. The Hall–Kier alpha value is -1.19. The molecule has 1 aromatic rings. The highest BCUT2D eigenvalue weighted by Crippen LogP contribution is 2.01. The second-order valence-corrected chi connectivity index (χ2v) is 2.45. The Morgan fingerprint density at radius 3 is 2.58 bits per heavy atom. The van der Waals surface area contributed by atoms with E-state index in [1.54, 1.807) is 12.1 Å². The van der Waals surface area contributed by atoms with Gasteiger partial charge in [-0.1, -0.05) is 30.3 Å². The van der Waals surface area contributed by atoms with Crippen LogP contribution in [0.1, 0.15) is 16.8 Å². The molecule has 64 valence electrons. The molecule has 1 rings (SSSR count). The average Bonchev–Trinajstić information content (AvgIpc) is 2.15. The lowest BCUT2D eigenvalue weighted by Crippen LogP contribution is -2.13. The smallest absolute Gasteiger partial charge is 0.164 e. The van der Waals surface area contributed by atoms with Gasteiger partial charge in [-0.15, -0.1) is 0 Å². The van der Waals surface area contributed by atoms with Crippen molar-refractivity contribution in [2.45, 2.75) is 6.42 Å². The zero-order chi connectivity index (χ0) is 8.81. The second kappa shape index (κ2) is 4.64. The molecule has 0 bridgehead atoms. The minimum atomic E-state index is 0.0390. The molecule has 0 aliphatic heterocycles. The first-order chi connectivity index (χ1) is 5.84. The van der Waals surface area contributed by atoms with E-state index in [9.17, 15) is 4.79 Å². The summed E-state index contributed by atoms with van der Waals surface area (Å²) in [7, 11) is 0. The van der Waals surface area contributed by atoms with Crippen LogP contribution in [0.3, 0.4) is 0 Å². The summed E-state index contributed by atoms with van der Waals surface area (Å²) in [5, 5.41) is 8.26. The molecule has 0 saturated heterocycles. The number of carbonyl (C=O) groups excluding carboxylic acids is 1.